The minimum atomic E-state index is -3.00. The zero-order chi connectivity index (χ0) is 13.1. The summed E-state index contributed by atoms with van der Waals surface area (Å²) in [5.41, 5.74) is 0.755. The van der Waals surface area contributed by atoms with Gasteiger partial charge in [-0.25, -0.2) is 12.8 Å². The number of benzene rings is 1. The van der Waals surface area contributed by atoms with E-state index in [-0.39, 0.29) is 23.4 Å². The second-order valence-electron chi connectivity index (χ2n) is 3.87. The average molecular weight is 371 g/mol. The quantitative estimate of drug-likeness (QED) is 0.810. The van der Waals surface area contributed by atoms with Gasteiger partial charge < -0.3 is 5.32 Å². The van der Waals surface area contributed by atoms with Gasteiger partial charge in [-0.2, -0.15) is 0 Å². The van der Waals surface area contributed by atoms with Gasteiger partial charge in [0.15, 0.2) is 9.84 Å². The third-order valence-corrected chi connectivity index (χ3v) is 5.06. The maximum atomic E-state index is 12.9. The first-order valence-electron chi connectivity index (χ1n) is 5.26. The molecular weight excluding hydrogens is 356 g/mol. The Balaban J connectivity index is 2.72. The Hall–Kier alpha value is -0.370. The second-order valence-corrected chi connectivity index (χ2v) is 7.43. The van der Waals surface area contributed by atoms with Crippen LogP contribution in [-0.2, 0) is 9.84 Å². The van der Waals surface area contributed by atoms with Gasteiger partial charge in [0.2, 0.25) is 0 Å². The van der Waals surface area contributed by atoms with Crippen LogP contribution in [0, 0.1) is 9.39 Å². The summed E-state index contributed by atoms with van der Waals surface area (Å²) in [7, 11) is -3.00. The molecule has 1 atom stereocenters. The summed E-state index contributed by atoms with van der Waals surface area (Å²) in [5, 5.41) is 3.07. The number of hydrogen-bond acceptors (Lipinski definition) is 3. The van der Waals surface area contributed by atoms with Gasteiger partial charge in [0, 0.05) is 21.1 Å². The Bertz CT molecular complexity index is 490. The maximum Gasteiger partial charge on any atom is 0.152 e. The molecule has 0 aromatic heterocycles. The lowest BCUT2D eigenvalue weighted by Crippen LogP contribution is -2.27. The molecule has 0 heterocycles. The van der Waals surface area contributed by atoms with Crippen LogP contribution in [0.25, 0.3) is 0 Å². The van der Waals surface area contributed by atoms with Gasteiger partial charge in [0.25, 0.3) is 0 Å². The average Bonchev–Trinajstić information content (AvgIpc) is 2.21. The Morgan fingerprint density at radius 1 is 1.47 bits per heavy atom. The van der Waals surface area contributed by atoms with Gasteiger partial charge in [-0.15, -0.1) is 0 Å². The molecule has 1 aromatic rings. The molecule has 1 rings (SSSR count). The standard InChI is InChI=1S/C11H15FINO2S/c1-3-17(15,16)7-8(2)14-11-5-4-9(12)6-10(11)13/h4-6,8,14H,3,7H2,1-2H3. The van der Waals surface area contributed by atoms with E-state index < -0.39 is 9.84 Å². The first-order valence-corrected chi connectivity index (χ1v) is 8.16. The van der Waals surface area contributed by atoms with Crippen molar-refractivity contribution in [1.29, 1.82) is 0 Å². The summed E-state index contributed by atoms with van der Waals surface area (Å²) in [6.45, 7) is 3.43. The van der Waals surface area contributed by atoms with Gasteiger partial charge in [0.1, 0.15) is 5.82 Å². The molecule has 0 amide bonds. The molecule has 0 saturated heterocycles. The minimum Gasteiger partial charge on any atom is -0.381 e. The van der Waals surface area contributed by atoms with Gasteiger partial charge in [-0.1, -0.05) is 6.92 Å². The zero-order valence-corrected chi connectivity index (χ0v) is 12.7. The molecule has 1 aromatic carbocycles. The molecule has 96 valence electrons. The molecule has 0 aliphatic heterocycles. The highest BCUT2D eigenvalue weighted by Gasteiger charge is 2.14. The van der Waals surface area contributed by atoms with Crippen LogP contribution in [0.2, 0.25) is 0 Å². The van der Waals surface area contributed by atoms with Crippen molar-refractivity contribution in [1.82, 2.24) is 0 Å². The largest absolute Gasteiger partial charge is 0.381 e. The Kier molecular flexibility index (Phi) is 5.18. The van der Waals surface area contributed by atoms with Crippen molar-refractivity contribution in [3.05, 3.63) is 27.6 Å². The minimum absolute atomic E-state index is 0.0803. The molecule has 1 N–H and O–H groups in total. The molecule has 1 unspecified atom stereocenters. The lowest BCUT2D eigenvalue weighted by molar-refractivity contribution is 0.593. The molecule has 0 bridgehead atoms. The van der Waals surface area contributed by atoms with Crippen molar-refractivity contribution in [2.45, 2.75) is 19.9 Å². The number of hydrogen-bond donors (Lipinski definition) is 1. The highest BCUT2D eigenvalue weighted by Crippen LogP contribution is 2.20. The Labute approximate surface area is 115 Å². The van der Waals surface area contributed by atoms with Gasteiger partial charge in [-0.05, 0) is 47.7 Å². The summed E-state index contributed by atoms with van der Waals surface area (Å²) in [6, 6.07) is 4.18. The van der Waals surface area contributed by atoms with Crippen LogP contribution >= 0.6 is 22.6 Å². The number of anilines is 1. The first kappa shape index (κ1) is 14.7. The summed E-state index contributed by atoms with van der Waals surface area (Å²) < 4.78 is 36.5. The lowest BCUT2D eigenvalue weighted by Gasteiger charge is -2.16. The highest BCUT2D eigenvalue weighted by atomic mass is 127. The van der Waals surface area contributed by atoms with Crippen LogP contribution < -0.4 is 5.32 Å². The topological polar surface area (TPSA) is 46.2 Å². The summed E-state index contributed by atoms with van der Waals surface area (Å²) in [6.07, 6.45) is 0. The molecular formula is C11H15FINO2S. The number of sulfone groups is 1. The van der Waals surface area contributed by atoms with E-state index >= 15 is 0 Å². The van der Waals surface area contributed by atoms with E-state index in [1.807, 2.05) is 22.6 Å². The van der Waals surface area contributed by atoms with E-state index in [1.165, 1.54) is 12.1 Å². The molecule has 6 heteroatoms. The van der Waals surface area contributed by atoms with Gasteiger partial charge in [0.05, 0.1) is 5.75 Å². The maximum absolute atomic E-state index is 12.9. The summed E-state index contributed by atoms with van der Waals surface area (Å²) in [4.78, 5) is 0. The van der Waals surface area contributed by atoms with Crippen molar-refractivity contribution in [3.8, 4) is 0 Å². The van der Waals surface area contributed by atoms with Gasteiger partial charge >= 0.3 is 0 Å². The van der Waals surface area contributed by atoms with E-state index in [1.54, 1.807) is 19.9 Å². The Morgan fingerprint density at radius 3 is 2.65 bits per heavy atom. The predicted molar refractivity (Wildman–Crippen MR) is 76.5 cm³/mol. The fourth-order valence-electron chi connectivity index (χ4n) is 1.41. The molecule has 0 aliphatic rings. The molecule has 0 saturated carbocycles. The normalized spacial score (nSPS) is 13.4. The van der Waals surface area contributed by atoms with Crippen LogP contribution in [0.5, 0.6) is 0 Å². The van der Waals surface area contributed by atoms with Crippen LogP contribution in [0.15, 0.2) is 18.2 Å². The fraction of sp³-hybridized carbons (Fsp3) is 0.455. The van der Waals surface area contributed by atoms with Crippen molar-refractivity contribution < 1.29 is 12.8 Å². The highest BCUT2D eigenvalue weighted by molar-refractivity contribution is 14.1. The summed E-state index contributed by atoms with van der Waals surface area (Å²) >= 11 is 2.01. The van der Waals surface area contributed by atoms with Crippen molar-refractivity contribution in [2.75, 3.05) is 16.8 Å². The van der Waals surface area contributed by atoms with Crippen molar-refractivity contribution in [2.24, 2.45) is 0 Å². The van der Waals surface area contributed by atoms with Crippen LogP contribution in [0.1, 0.15) is 13.8 Å². The monoisotopic (exact) mass is 371 g/mol. The van der Waals surface area contributed by atoms with E-state index in [0.29, 0.717) is 0 Å². The first-order chi connectivity index (χ1) is 7.84. The lowest BCUT2D eigenvalue weighted by atomic mass is 10.3. The molecule has 17 heavy (non-hydrogen) atoms. The van der Waals surface area contributed by atoms with Crippen LogP contribution in [0.4, 0.5) is 10.1 Å². The zero-order valence-electron chi connectivity index (χ0n) is 9.70. The van der Waals surface area contributed by atoms with E-state index in [2.05, 4.69) is 5.32 Å². The van der Waals surface area contributed by atoms with Crippen molar-refractivity contribution >= 4 is 38.1 Å². The smallest absolute Gasteiger partial charge is 0.152 e. The summed E-state index contributed by atoms with van der Waals surface area (Å²) in [5.74, 6) is -0.0787. The second kappa shape index (κ2) is 5.99. The molecule has 0 radical (unpaired) electrons. The predicted octanol–water partition coefficient (Wildman–Crippen LogP) is 2.67. The molecule has 0 spiro atoms. The van der Waals surface area contributed by atoms with E-state index in [4.69, 9.17) is 0 Å². The number of rotatable bonds is 5. The SMILES string of the molecule is CCS(=O)(=O)CC(C)Nc1ccc(F)cc1I. The fourth-order valence-corrected chi connectivity index (χ4v) is 3.13. The number of nitrogens with one attached hydrogen (secondary N) is 1. The third-order valence-electron chi connectivity index (χ3n) is 2.28. The van der Waals surface area contributed by atoms with E-state index in [9.17, 15) is 12.8 Å². The molecule has 0 aliphatic carbocycles. The molecule has 3 nitrogen and oxygen atoms in total. The van der Waals surface area contributed by atoms with Gasteiger partial charge in [-0.3, -0.25) is 0 Å². The Morgan fingerprint density at radius 2 is 2.12 bits per heavy atom. The van der Waals surface area contributed by atoms with E-state index in [0.717, 1.165) is 9.26 Å². The van der Waals surface area contributed by atoms with Crippen LogP contribution in [0.3, 0.4) is 0 Å². The van der Waals surface area contributed by atoms with Crippen LogP contribution in [-0.4, -0.2) is 26.0 Å². The third kappa shape index (κ3) is 4.79. The molecule has 0 fully saturated rings. The van der Waals surface area contributed by atoms with Crippen molar-refractivity contribution in [3.63, 3.8) is 0 Å². The number of halogens is 2.